The molecule has 0 amide bonds. The maximum atomic E-state index is 13.9. The van der Waals surface area contributed by atoms with Crippen molar-refractivity contribution in [2.24, 2.45) is 0 Å². The molecule has 0 N–H and O–H groups in total. The lowest BCUT2D eigenvalue weighted by atomic mass is 10.0. The fraction of sp³-hybridized carbons (Fsp3) is 0.286. The first-order chi connectivity index (χ1) is 24.5. The van der Waals surface area contributed by atoms with Gasteiger partial charge in [0.15, 0.2) is 11.6 Å². The molecule has 258 valence electrons. The summed E-state index contributed by atoms with van der Waals surface area (Å²) in [5.41, 5.74) is 5.68. The summed E-state index contributed by atoms with van der Waals surface area (Å²) in [4.78, 5) is 37.3. The summed E-state index contributed by atoms with van der Waals surface area (Å²) in [7, 11) is 0. The van der Waals surface area contributed by atoms with Gasteiger partial charge in [0, 0.05) is 61.5 Å². The van der Waals surface area contributed by atoms with E-state index < -0.39 is 0 Å². The third kappa shape index (κ3) is 8.98. The van der Waals surface area contributed by atoms with Crippen molar-refractivity contribution in [1.29, 1.82) is 0 Å². The van der Waals surface area contributed by atoms with E-state index in [0.29, 0.717) is 13.1 Å². The Kier molecular flexibility index (Phi) is 12.7. The lowest BCUT2D eigenvalue weighted by Gasteiger charge is -2.40. The topological polar surface area (TPSA) is 47.1 Å². The van der Waals surface area contributed by atoms with E-state index in [4.69, 9.17) is 0 Å². The minimum absolute atomic E-state index is 0.108. The molecule has 0 fully saturated rings. The molecule has 2 heterocycles. The molecule has 6 rings (SSSR count). The summed E-state index contributed by atoms with van der Waals surface area (Å²) in [6.07, 6.45) is 6.15. The Morgan fingerprint density at radius 1 is 0.520 bits per heavy atom. The predicted molar refractivity (Wildman–Crippen MR) is 209 cm³/mol. The third-order valence-corrected chi connectivity index (χ3v) is 11.0. The van der Waals surface area contributed by atoms with Gasteiger partial charge in [-0.3, -0.25) is 19.4 Å². The highest BCUT2D eigenvalue weighted by Gasteiger charge is 2.31. The van der Waals surface area contributed by atoms with Crippen LogP contribution in [0.5, 0.6) is 0 Å². The number of hydrogen-bond donors (Lipinski definition) is 0. The smallest absolute Gasteiger partial charge is 0.192 e. The summed E-state index contributed by atoms with van der Waals surface area (Å²) in [5.74, 6) is 0.216. The molecule has 4 aromatic carbocycles. The molecule has 6 nitrogen and oxygen atoms in total. The van der Waals surface area contributed by atoms with E-state index >= 15 is 0 Å². The summed E-state index contributed by atoms with van der Waals surface area (Å²) < 4.78 is 0. The second kappa shape index (κ2) is 17.7. The van der Waals surface area contributed by atoms with Gasteiger partial charge in [0.25, 0.3) is 0 Å². The van der Waals surface area contributed by atoms with Crippen LogP contribution in [0.15, 0.2) is 143 Å². The van der Waals surface area contributed by atoms with E-state index in [-0.39, 0.29) is 11.6 Å². The van der Waals surface area contributed by atoms with Crippen molar-refractivity contribution < 1.29 is 9.59 Å². The average Bonchev–Trinajstić information content (AvgIpc) is 3.17. The number of carbonyl (C=O) groups is 2. The summed E-state index contributed by atoms with van der Waals surface area (Å²) in [6.45, 7) is 6.13. The molecule has 0 bridgehead atoms. The first-order valence-electron chi connectivity index (χ1n) is 17.3. The number of benzene rings is 4. The van der Waals surface area contributed by atoms with E-state index in [1.807, 2.05) is 72.8 Å². The van der Waals surface area contributed by atoms with Crippen molar-refractivity contribution in [3.8, 4) is 0 Å². The molecular formula is C42H46N4O2S2. The van der Waals surface area contributed by atoms with Gasteiger partial charge in [0.05, 0.1) is 23.4 Å². The molecule has 50 heavy (non-hydrogen) atoms. The Morgan fingerprint density at radius 2 is 0.860 bits per heavy atom. The number of hydrogen-bond acceptors (Lipinski definition) is 8. The highest BCUT2D eigenvalue weighted by molar-refractivity contribution is 8.02. The van der Waals surface area contributed by atoms with Crippen LogP contribution in [0, 0.1) is 0 Å². The number of unbranched alkanes of at least 4 members (excludes halogenated alkanes) is 1. The number of thioether (sulfide) groups is 2. The molecular weight excluding hydrogens is 657 g/mol. The van der Waals surface area contributed by atoms with Crippen LogP contribution in [-0.2, 0) is 13.1 Å². The standard InChI is InChI=1S/C42H46N4O2S2/c1-49-41-37(39(47)35-21-11-5-12-22-35)29-43(31-45(41)27-33-17-7-3-8-18-33)25-15-16-26-44-30-38(40(48)36-23-13-6-14-24-36)42(50-2)46(32-44)28-34-19-9-4-10-20-34/h3-14,17-24H,15-16,25-32H2,1-2H3. The van der Waals surface area contributed by atoms with Crippen LogP contribution in [0.2, 0.25) is 0 Å². The highest BCUT2D eigenvalue weighted by Crippen LogP contribution is 2.33. The predicted octanol–water partition coefficient (Wildman–Crippen LogP) is 8.23. The molecule has 0 aliphatic carbocycles. The van der Waals surface area contributed by atoms with Crippen molar-refractivity contribution >= 4 is 35.1 Å². The maximum absolute atomic E-state index is 13.9. The minimum Gasteiger partial charge on any atom is -0.349 e. The molecule has 2 aliphatic rings. The normalized spacial score (nSPS) is 15.9. The fourth-order valence-corrected chi connectivity index (χ4v) is 8.44. The molecule has 0 aromatic heterocycles. The van der Waals surface area contributed by atoms with Gasteiger partial charge >= 0.3 is 0 Å². The van der Waals surface area contributed by atoms with E-state index in [2.05, 4.69) is 80.6 Å². The van der Waals surface area contributed by atoms with Gasteiger partial charge in [0.2, 0.25) is 0 Å². The molecule has 0 atom stereocenters. The van der Waals surface area contributed by atoms with Gasteiger partial charge < -0.3 is 9.80 Å². The van der Waals surface area contributed by atoms with Gasteiger partial charge in [-0.15, -0.1) is 23.5 Å². The quantitative estimate of drug-likeness (QED) is 0.0908. The van der Waals surface area contributed by atoms with Crippen molar-refractivity contribution in [3.63, 3.8) is 0 Å². The molecule has 0 unspecified atom stereocenters. The Bertz CT molecular complexity index is 1650. The van der Waals surface area contributed by atoms with Crippen LogP contribution < -0.4 is 0 Å². The van der Waals surface area contributed by atoms with Crippen LogP contribution in [0.3, 0.4) is 0 Å². The number of nitrogens with zero attached hydrogens (tertiary/aromatic N) is 4. The third-order valence-electron chi connectivity index (χ3n) is 9.23. The Morgan fingerprint density at radius 3 is 1.20 bits per heavy atom. The van der Waals surface area contributed by atoms with Crippen molar-refractivity contribution in [2.45, 2.75) is 25.9 Å². The van der Waals surface area contributed by atoms with Crippen LogP contribution in [0.1, 0.15) is 44.7 Å². The molecule has 2 aliphatic heterocycles. The summed E-state index contributed by atoms with van der Waals surface area (Å²) in [5, 5.41) is 2.13. The number of Topliss-reactive ketones (excluding diaryl/α,β-unsaturated/α-hetero) is 2. The second-order valence-corrected chi connectivity index (χ2v) is 14.4. The van der Waals surface area contributed by atoms with Gasteiger partial charge in [-0.05, 0) is 36.5 Å². The van der Waals surface area contributed by atoms with Crippen molar-refractivity contribution in [3.05, 3.63) is 165 Å². The molecule has 0 saturated heterocycles. The average molecular weight is 703 g/mol. The lowest BCUT2D eigenvalue weighted by Crippen LogP contribution is -2.45. The first kappa shape index (κ1) is 35.7. The molecule has 0 saturated carbocycles. The highest BCUT2D eigenvalue weighted by atomic mass is 32.2. The Balaban J connectivity index is 1.15. The van der Waals surface area contributed by atoms with Gasteiger partial charge in [-0.2, -0.15) is 0 Å². The van der Waals surface area contributed by atoms with Crippen LogP contribution in [-0.4, -0.2) is 83.2 Å². The van der Waals surface area contributed by atoms with E-state index in [1.54, 1.807) is 23.5 Å². The SMILES string of the molecule is CSC1=C(C(=O)c2ccccc2)CN(CCCCN2CC(C(=O)c3ccccc3)=C(SC)N(Cc3ccccc3)C2)CN1Cc1ccccc1. The first-order valence-corrected chi connectivity index (χ1v) is 19.7. The zero-order valence-electron chi connectivity index (χ0n) is 29.0. The Hall–Kier alpha value is -4.08. The second-order valence-electron chi connectivity index (χ2n) is 12.8. The minimum atomic E-state index is 0.108. The zero-order chi connectivity index (χ0) is 34.7. The van der Waals surface area contributed by atoms with Gasteiger partial charge in [-0.25, -0.2) is 0 Å². The van der Waals surface area contributed by atoms with Crippen LogP contribution in [0.4, 0.5) is 0 Å². The van der Waals surface area contributed by atoms with E-state index in [1.165, 1.54) is 11.1 Å². The van der Waals surface area contributed by atoms with Crippen LogP contribution >= 0.6 is 23.5 Å². The lowest BCUT2D eigenvalue weighted by molar-refractivity contribution is 0.0952. The molecule has 0 radical (unpaired) electrons. The summed E-state index contributed by atoms with van der Waals surface area (Å²) >= 11 is 3.34. The Labute approximate surface area is 305 Å². The fourth-order valence-electron chi connectivity index (χ4n) is 6.87. The zero-order valence-corrected chi connectivity index (χ0v) is 30.7. The van der Waals surface area contributed by atoms with Crippen molar-refractivity contribution in [2.75, 3.05) is 52.0 Å². The number of ketones is 2. The number of carbonyl (C=O) groups excluding carboxylic acids is 2. The van der Waals surface area contributed by atoms with E-state index in [9.17, 15) is 9.59 Å². The van der Waals surface area contributed by atoms with Crippen LogP contribution in [0.25, 0.3) is 0 Å². The maximum Gasteiger partial charge on any atom is 0.192 e. The van der Waals surface area contributed by atoms with Crippen molar-refractivity contribution in [1.82, 2.24) is 19.6 Å². The number of rotatable bonds is 15. The molecule has 4 aromatic rings. The monoisotopic (exact) mass is 702 g/mol. The van der Waals surface area contributed by atoms with Gasteiger partial charge in [-0.1, -0.05) is 121 Å². The molecule has 0 spiro atoms. The largest absolute Gasteiger partial charge is 0.349 e. The summed E-state index contributed by atoms with van der Waals surface area (Å²) in [6, 6.07) is 40.3. The van der Waals surface area contributed by atoms with Gasteiger partial charge in [0.1, 0.15) is 0 Å². The van der Waals surface area contributed by atoms with E-state index in [0.717, 1.165) is 84.7 Å². The molecule has 8 heteroatoms.